The van der Waals surface area contributed by atoms with E-state index in [1.165, 1.54) is 0 Å². The Hall–Kier alpha value is -1.90. The molecule has 1 aliphatic rings. The maximum absolute atomic E-state index is 12.4. The minimum Gasteiger partial charge on any atom is -0.395 e. The molecule has 1 N–H and O–H groups in total. The van der Waals surface area contributed by atoms with Crippen molar-refractivity contribution in [2.45, 2.75) is 25.4 Å². The first-order valence-corrected chi connectivity index (χ1v) is 7.12. The summed E-state index contributed by atoms with van der Waals surface area (Å²) in [5, 5.41) is 8.67. The highest BCUT2D eigenvalue weighted by atomic mass is 16.5. The molecule has 1 atom stereocenters. The van der Waals surface area contributed by atoms with E-state index in [0.29, 0.717) is 18.7 Å². The number of carbonyl (C=O) groups is 1. The average Bonchev–Trinajstić information content (AvgIpc) is 2.55. The molecule has 5 nitrogen and oxygen atoms in total. The van der Waals surface area contributed by atoms with Gasteiger partial charge < -0.3 is 14.7 Å². The number of carbonyl (C=O) groups excluding carboxylic acids is 1. The Morgan fingerprint density at radius 3 is 3.10 bits per heavy atom. The fourth-order valence-corrected chi connectivity index (χ4v) is 2.29. The van der Waals surface area contributed by atoms with Gasteiger partial charge in [0.15, 0.2) is 0 Å². The van der Waals surface area contributed by atoms with E-state index in [2.05, 4.69) is 16.8 Å². The Labute approximate surface area is 124 Å². The van der Waals surface area contributed by atoms with Crippen LogP contribution >= 0.6 is 0 Å². The number of methoxy groups -OCH3 is 1. The minimum atomic E-state index is -0.0633. The van der Waals surface area contributed by atoms with Gasteiger partial charge in [-0.15, -0.1) is 0 Å². The van der Waals surface area contributed by atoms with Gasteiger partial charge in [-0.05, 0) is 25.0 Å². The number of aliphatic hydroxyl groups is 1. The number of ether oxygens (including phenoxy) is 1. The van der Waals surface area contributed by atoms with Crippen molar-refractivity contribution in [1.29, 1.82) is 0 Å². The molecule has 2 rings (SSSR count). The summed E-state index contributed by atoms with van der Waals surface area (Å²) in [6.45, 7) is 1.42. The molecule has 0 spiro atoms. The molecule has 1 amide bonds. The van der Waals surface area contributed by atoms with E-state index in [-0.39, 0.29) is 18.6 Å². The molecule has 1 unspecified atom stereocenters. The van der Waals surface area contributed by atoms with Gasteiger partial charge in [0.05, 0.1) is 12.7 Å². The van der Waals surface area contributed by atoms with E-state index < -0.39 is 0 Å². The zero-order valence-corrected chi connectivity index (χ0v) is 12.2. The number of hydrogen-bond donors (Lipinski definition) is 1. The standard InChI is InChI=1S/C16H20N2O3/c1-21-14-6-4-9-18(12-14)16(20)15-8-7-13(11-17-15)5-2-3-10-19/h7-8,11,14,19H,3-4,6,9-10,12H2,1H3. The number of nitrogens with zero attached hydrogens (tertiary/aromatic N) is 2. The Balaban J connectivity index is 2.01. The first-order valence-electron chi connectivity index (χ1n) is 7.12. The summed E-state index contributed by atoms with van der Waals surface area (Å²) in [4.78, 5) is 18.3. The topological polar surface area (TPSA) is 62.7 Å². The number of pyridine rings is 1. The summed E-state index contributed by atoms with van der Waals surface area (Å²) < 4.78 is 5.33. The number of hydrogen-bond acceptors (Lipinski definition) is 4. The van der Waals surface area contributed by atoms with Gasteiger partial charge in [0.2, 0.25) is 0 Å². The van der Waals surface area contributed by atoms with Gasteiger partial charge in [-0.1, -0.05) is 11.8 Å². The summed E-state index contributed by atoms with van der Waals surface area (Å²) in [7, 11) is 1.68. The first kappa shape index (κ1) is 15.5. The van der Waals surface area contributed by atoms with Gasteiger partial charge in [-0.3, -0.25) is 4.79 Å². The number of aromatic nitrogens is 1. The normalized spacial score (nSPS) is 18.0. The maximum atomic E-state index is 12.4. The van der Waals surface area contributed by atoms with Crippen LogP contribution in [0.25, 0.3) is 0 Å². The van der Waals surface area contributed by atoms with E-state index in [4.69, 9.17) is 9.84 Å². The molecule has 0 radical (unpaired) electrons. The molecule has 21 heavy (non-hydrogen) atoms. The van der Waals surface area contributed by atoms with Crippen LogP contribution in [-0.4, -0.2) is 53.8 Å². The average molecular weight is 288 g/mol. The third-order valence-corrected chi connectivity index (χ3v) is 3.45. The minimum absolute atomic E-state index is 0.0482. The molecule has 1 aliphatic heterocycles. The molecule has 112 valence electrons. The molecule has 0 bridgehead atoms. The Bertz CT molecular complexity index is 531. The van der Waals surface area contributed by atoms with E-state index in [9.17, 15) is 4.79 Å². The summed E-state index contributed by atoms with van der Waals surface area (Å²) >= 11 is 0. The highest BCUT2D eigenvalue weighted by Gasteiger charge is 2.24. The summed E-state index contributed by atoms with van der Waals surface area (Å²) in [6.07, 6.45) is 4.09. The lowest BCUT2D eigenvalue weighted by Gasteiger charge is -2.31. The Morgan fingerprint density at radius 2 is 2.43 bits per heavy atom. The van der Waals surface area contributed by atoms with Crippen molar-refractivity contribution >= 4 is 5.91 Å². The predicted octanol–water partition coefficient (Wildman–Crippen LogP) is 1.07. The number of rotatable bonds is 3. The van der Waals surface area contributed by atoms with E-state index in [0.717, 1.165) is 24.9 Å². The number of likely N-dealkylation sites (tertiary alicyclic amines) is 1. The van der Waals surface area contributed by atoms with E-state index in [1.54, 1.807) is 30.3 Å². The molecule has 1 aromatic heterocycles. The highest BCUT2D eigenvalue weighted by molar-refractivity contribution is 5.92. The lowest BCUT2D eigenvalue weighted by Crippen LogP contribution is -2.43. The van der Waals surface area contributed by atoms with Gasteiger partial charge in [0, 0.05) is 38.4 Å². The van der Waals surface area contributed by atoms with Gasteiger partial charge in [0.25, 0.3) is 5.91 Å². The van der Waals surface area contributed by atoms with Crippen LogP contribution in [0, 0.1) is 11.8 Å². The zero-order valence-electron chi connectivity index (χ0n) is 12.2. The largest absolute Gasteiger partial charge is 0.395 e. The Kier molecular flexibility index (Phi) is 5.73. The van der Waals surface area contributed by atoms with Gasteiger partial charge >= 0.3 is 0 Å². The fourth-order valence-electron chi connectivity index (χ4n) is 2.29. The molecule has 1 saturated heterocycles. The molecular weight excluding hydrogens is 268 g/mol. The second kappa shape index (κ2) is 7.77. The van der Waals surface area contributed by atoms with Gasteiger partial charge in [-0.25, -0.2) is 4.98 Å². The summed E-state index contributed by atoms with van der Waals surface area (Å²) in [6, 6.07) is 3.48. The quantitative estimate of drug-likeness (QED) is 0.845. The number of piperidine rings is 1. The number of amides is 1. The van der Waals surface area contributed by atoms with Crippen LogP contribution in [0.15, 0.2) is 18.3 Å². The van der Waals surface area contributed by atoms with Crippen molar-refractivity contribution in [2.24, 2.45) is 0 Å². The van der Waals surface area contributed by atoms with Crippen molar-refractivity contribution in [2.75, 3.05) is 26.8 Å². The third kappa shape index (κ3) is 4.28. The SMILES string of the molecule is COC1CCCN(C(=O)c2ccc(C#CCCO)cn2)C1. The monoisotopic (exact) mass is 288 g/mol. The van der Waals surface area contributed by atoms with Crippen LogP contribution < -0.4 is 0 Å². The fraction of sp³-hybridized carbons (Fsp3) is 0.500. The maximum Gasteiger partial charge on any atom is 0.272 e. The van der Waals surface area contributed by atoms with Crippen LogP contribution in [0.3, 0.4) is 0 Å². The van der Waals surface area contributed by atoms with Crippen LogP contribution in [0.4, 0.5) is 0 Å². The lowest BCUT2D eigenvalue weighted by molar-refractivity contribution is 0.0266. The predicted molar refractivity (Wildman–Crippen MR) is 78.8 cm³/mol. The van der Waals surface area contributed by atoms with Crippen molar-refractivity contribution in [3.63, 3.8) is 0 Å². The zero-order chi connectivity index (χ0) is 15.1. The molecule has 0 saturated carbocycles. The molecular formula is C16H20N2O3. The summed E-state index contributed by atoms with van der Waals surface area (Å²) in [5.74, 6) is 5.65. The van der Waals surface area contributed by atoms with Crippen LogP contribution in [0.5, 0.6) is 0 Å². The van der Waals surface area contributed by atoms with E-state index in [1.807, 2.05) is 0 Å². The Morgan fingerprint density at radius 1 is 1.57 bits per heavy atom. The van der Waals surface area contributed by atoms with Crippen molar-refractivity contribution in [3.8, 4) is 11.8 Å². The molecule has 2 heterocycles. The lowest BCUT2D eigenvalue weighted by atomic mass is 10.1. The van der Waals surface area contributed by atoms with Crippen LogP contribution in [0.1, 0.15) is 35.3 Å². The second-order valence-electron chi connectivity index (χ2n) is 4.96. The summed E-state index contributed by atoms with van der Waals surface area (Å²) in [5.41, 5.74) is 1.17. The smallest absolute Gasteiger partial charge is 0.272 e. The molecule has 5 heteroatoms. The second-order valence-corrected chi connectivity index (χ2v) is 4.96. The van der Waals surface area contributed by atoms with Gasteiger partial charge in [0.1, 0.15) is 5.69 Å². The third-order valence-electron chi connectivity index (χ3n) is 3.45. The molecule has 0 aliphatic carbocycles. The molecule has 0 aromatic carbocycles. The van der Waals surface area contributed by atoms with Gasteiger partial charge in [-0.2, -0.15) is 0 Å². The molecule has 1 aromatic rings. The number of aliphatic hydroxyl groups excluding tert-OH is 1. The van der Waals surface area contributed by atoms with Crippen molar-refractivity contribution in [3.05, 3.63) is 29.6 Å². The van der Waals surface area contributed by atoms with Crippen molar-refractivity contribution < 1.29 is 14.6 Å². The van der Waals surface area contributed by atoms with Crippen molar-refractivity contribution in [1.82, 2.24) is 9.88 Å². The van der Waals surface area contributed by atoms with Crippen LogP contribution in [-0.2, 0) is 4.74 Å². The highest BCUT2D eigenvalue weighted by Crippen LogP contribution is 2.15. The van der Waals surface area contributed by atoms with E-state index >= 15 is 0 Å². The van der Waals surface area contributed by atoms with Crippen LogP contribution in [0.2, 0.25) is 0 Å². The molecule has 1 fully saturated rings. The first-order chi connectivity index (χ1) is 10.2.